The van der Waals surface area contributed by atoms with E-state index in [1.807, 2.05) is 0 Å². The molecule has 8 heteroatoms. The van der Waals surface area contributed by atoms with E-state index in [2.05, 4.69) is 29.4 Å². The fraction of sp³-hybridized carbons (Fsp3) is 0.500. The summed E-state index contributed by atoms with van der Waals surface area (Å²) >= 11 is 1.42. The molecule has 0 spiro atoms. The van der Waals surface area contributed by atoms with Crippen LogP contribution in [0.25, 0.3) is 0 Å². The van der Waals surface area contributed by atoms with Gasteiger partial charge in [0.2, 0.25) is 11.0 Å². The smallest absolute Gasteiger partial charge is 0.253 e. The van der Waals surface area contributed by atoms with Gasteiger partial charge in [0.05, 0.1) is 0 Å². The molecule has 0 bridgehead atoms. The van der Waals surface area contributed by atoms with Crippen molar-refractivity contribution in [1.29, 1.82) is 0 Å². The Balaban J connectivity index is 1.52. The minimum Gasteiger partial charge on any atom is -0.339 e. The molecule has 150 valence electrons. The number of carbonyl (C=O) groups excluding carboxylic acids is 2. The number of rotatable bonds is 6. The number of halogens is 1. The molecule has 28 heavy (non-hydrogen) atoms. The number of aromatic nitrogens is 2. The Morgan fingerprint density at radius 1 is 1.32 bits per heavy atom. The molecular formula is C20H25FN4O2S. The molecule has 0 unspecified atom stereocenters. The van der Waals surface area contributed by atoms with E-state index in [4.69, 9.17) is 0 Å². The molecule has 2 heterocycles. The summed E-state index contributed by atoms with van der Waals surface area (Å²) < 4.78 is 13.3. The highest BCUT2D eigenvalue weighted by molar-refractivity contribution is 7.15. The van der Waals surface area contributed by atoms with E-state index >= 15 is 0 Å². The number of hydrogen-bond donors (Lipinski definition) is 1. The Kier molecular flexibility index (Phi) is 6.72. The van der Waals surface area contributed by atoms with E-state index in [1.165, 1.54) is 29.5 Å². The summed E-state index contributed by atoms with van der Waals surface area (Å²) in [6, 6.07) is 5.69. The zero-order chi connectivity index (χ0) is 20.1. The van der Waals surface area contributed by atoms with Crippen LogP contribution in [-0.2, 0) is 4.79 Å². The number of anilines is 1. The molecule has 1 fully saturated rings. The Bertz CT molecular complexity index is 833. The lowest BCUT2D eigenvalue weighted by atomic mass is 9.95. The minimum absolute atomic E-state index is 0.0799. The average molecular weight is 405 g/mol. The molecule has 0 radical (unpaired) electrons. The summed E-state index contributed by atoms with van der Waals surface area (Å²) in [5, 5.41) is 12.6. The number of nitrogens with zero attached hydrogens (tertiary/aromatic N) is 3. The van der Waals surface area contributed by atoms with Crippen molar-refractivity contribution in [2.45, 2.75) is 45.4 Å². The summed E-state index contributed by atoms with van der Waals surface area (Å²) in [7, 11) is 0. The standard InChI is InChI=1S/C20H25FN4O2S/c1-3-5-13(2)18-23-24-20(28-18)22-17(26)14-8-10-25(11-9-14)19(27)15-6-4-7-16(21)12-15/h4,6-7,12-14H,3,5,8-11H2,1-2H3,(H,22,24,26)/t13-/m1/s1. The van der Waals surface area contributed by atoms with Crippen LogP contribution in [0.15, 0.2) is 24.3 Å². The number of nitrogens with one attached hydrogen (secondary N) is 1. The average Bonchev–Trinajstić information content (AvgIpc) is 3.16. The van der Waals surface area contributed by atoms with Gasteiger partial charge in [0.1, 0.15) is 10.8 Å². The number of benzene rings is 1. The number of amides is 2. The first-order valence-electron chi connectivity index (χ1n) is 9.67. The topological polar surface area (TPSA) is 75.2 Å². The Labute approximate surface area is 168 Å². The molecule has 1 saturated heterocycles. The normalized spacial score (nSPS) is 16.0. The van der Waals surface area contributed by atoms with Crippen molar-refractivity contribution >= 4 is 28.3 Å². The van der Waals surface area contributed by atoms with Crippen LogP contribution in [0, 0.1) is 11.7 Å². The number of carbonyl (C=O) groups is 2. The van der Waals surface area contributed by atoms with Gasteiger partial charge in [0, 0.05) is 30.5 Å². The van der Waals surface area contributed by atoms with Crippen LogP contribution in [0.2, 0.25) is 0 Å². The summed E-state index contributed by atoms with van der Waals surface area (Å²) in [5.41, 5.74) is 0.338. The highest BCUT2D eigenvalue weighted by Gasteiger charge is 2.28. The van der Waals surface area contributed by atoms with Gasteiger partial charge in [-0.25, -0.2) is 4.39 Å². The first kappa shape index (κ1) is 20.4. The van der Waals surface area contributed by atoms with Crippen molar-refractivity contribution in [3.05, 3.63) is 40.7 Å². The van der Waals surface area contributed by atoms with Crippen molar-refractivity contribution in [3.8, 4) is 0 Å². The zero-order valence-electron chi connectivity index (χ0n) is 16.2. The highest BCUT2D eigenvalue weighted by Crippen LogP contribution is 2.27. The highest BCUT2D eigenvalue weighted by atomic mass is 32.1. The van der Waals surface area contributed by atoms with E-state index < -0.39 is 5.82 Å². The quantitative estimate of drug-likeness (QED) is 0.787. The van der Waals surface area contributed by atoms with Gasteiger partial charge in [-0.3, -0.25) is 9.59 Å². The predicted molar refractivity (Wildman–Crippen MR) is 107 cm³/mol. The second-order valence-electron chi connectivity index (χ2n) is 7.20. The van der Waals surface area contributed by atoms with Gasteiger partial charge < -0.3 is 10.2 Å². The number of likely N-dealkylation sites (tertiary alicyclic amines) is 1. The van der Waals surface area contributed by atoms with Gasteiger partial charge in [-0.2, -0.15) is 0 Å². The lowest BCUT2D eigenvalue weighted by Crippen LogP contribution is -2.41. The molecular weight excluding hydrogens is 379 g/mol. The van der Waals surface area contributed by atoms with Crippen molar-refractivity contribution in [3.63, 3.8) is 0 Å². The predicted octanol–water partition coefficient (Wildman–Crippen LogP) is 4.07. The molecule has 2 amide bonds. The van der Waals surface area contributed by atoms with E-state index in [-0.39, 0.29) is 17.7 Å². The summed E-state index contributed by atoms with van der Waals surface area (Å²) in [4.78, 5) is 26.7. The second kappa shape index (κ2) is 9.23. The van der Waals surface area contributed by atoms with Crippen LogP contribution in [0.3, 0.4) is 0 Å². The van der Waals surface area contributed by atoms with Gasteiger partial charge in [-0.05, 0) is 37.5 Å². The van der Waals surface area contributed by atoms with Crippen molar-refractivity contribution < 1.29 is 14.0 Å². The van der Waals surface area contributed by atoms with E-state index in [0.29, 0.717) is 42.5 Å². The van der Waals surface area contributed by atoms with E-state index in [1.54, 1.807) is 11.0 Å². The molecule has 1 aromatic carbocycles. The van der Waals surface area contributed by atoms with Crippen LogP contribution in [0.4, 0.5) is 9.52 Å². The molecule has 2 aromatic rings. The lowest BCUT2D eigenvalue weighted by Gasteiger charge is -2.31. The molecule has 0 saturated carbocycles. The molecule has 1 atom stereocenters. The van der Waals surface area contributed by atoms with Crippen LogP contribution in [0.1, 0.15) is 60.8 Å². The zero-order valence-corrected chi connectivity index (χ0v) is 17.0. The molecule has 1 aromatic heterocycles. The first-order valence-corrected chi connectivity index (χ1v) is 10.5. The van der Waals surface area contributed by atoms with Crippen molar-refractivity contribution in [2.75, 3.05) is 18.4 Å². The fourth-order valence-electron chi connectivity index (χ4n) is 3.40. The third kappa shape index (κ3) is 4.92. The monoisotopic (exact) mass is 404 g/mol. The van der Waals surface area contributed by atoms with Crippen molar-refractivity contribution in [2.24, 2.45) is 5.92 Å². The van der Waals surface area contributed by atoms with Crippen LogP contribution in [-0.4, -0.2) is 40.0 Å². The Morgan fingerprint density at radius 3 is 2.75 bits per heavy atom. The van der Waals surface area contributed by atoms with Crippen LogP contribution in [0.5, 0.6) is 0 Å². The van der Waals surface area contributed by atoms with Gasteiger partial charge in [0.15, 0.2) is 0 Å². The minimum atomic E-state index is -0.426. The third-order valence-corrected chi connectivity index (χ3v) is 6.11. The van der Waals surface area contributed by atoms with Crippen LogP contribution >= 0.6 is 11.3 Å². The Hall–Kier alpha value is -2.35. The summed E-state index contributed by atoms with van der Waals surface area (Å²) in [6.45, 7) is 5.19. The molecule has 6 nitrogen and oxygen atoms in total. The summed E-state index contributed by atoms with van der Waals surface area (Å²) in [5.74, 6) is -0.535. The fourth-order valence-corrected chi connectivity index (χ4v) is 4.23. The Morgan fingerprint density at radius 2 is 2.07 bits per heavy atom. The van der Waals surface area contributed by atoms with Crippen molar-refractivity contribution in [1.82, 2.24) is 15.1 Å². The van der Waals surface area contributed by atoms with Gasteiger partial charge >= 0.3 is 0 Å². The third-order valence-electron chi connectivity index (χ3n) is 5.04. The summed E-state index contributed by atoms with van der Waals surface area (Å²) in [6.07, 6.45) is 3.27. The lowest BCUT2D eigenvalue weighted by molar-refractivity contribution is -0.121. The van der Waals surface area contributed by atoms with Gasteiger partial charge in [-0.1, -0.05) is 37.7 Å². The SMILES string of the molecule is CCC[C@@H](C)c1nnc(NC(=O)C2CCN(C(=O)c3cccc(F)c3)CC2)s1. The molecule has 3 rings (SSSR count). The van der Waals surface area contributed by atoms with E-state index in [0.717, 1.165) is 17.8 Å². The molecule has 0 aliphatic carbocycles. The molecule has 1 aliphatic rings. The molecule has 1 aliphatic heterocycles. The maximum Gasteiger partial charge on any atom is 0.253 e. The maximum absolute atomic E-state index is 13.3. The van der Waals surface area contributed by atoms with E-state index in [9.17, 15) is 14.0 Å². The number of hydrogen-bond acceptors (Lipinski definition) is 5. The molecule has 1 N–H and O–H groups in total. The van der Waals surface area contributed by atoms with Gasteiger partial charge in [-0.15, -0.1) is 10.2 Å². The second-order valence-corrected chi connectivity index (χ2v) is 8.21. The van der Waals surface area contributed by atoms with Crippen LogP contribution < -0.4 is 5.32 Å². The van der Waals surface area contributed by atoms with Gasteiger partial charge in [0.25, 0.3) is 5.91 Å². The first-order chi connectivity index (χ1) is 13.5. The largest absolute Gasteiger partial charge is 0.339 e. The maximum atomic E-state index is 13.3. The number of piperidine rings is 1.